The first-order valence-corrected chi connectivity index (χ1v) is 6.04. The number of unbranched alkanes of at least 4 members (excludes halogenated alkanes) is 2. The highest BCUT2D eigenvalue weighted by molar-refractivity contribution is 4.88. The van der Waals surface area contributed by atoms with Gasteiger partial charge in [0.25, 0.3) is 0 Å². The van der Waals surface area contributed by atoms with Gasteiger partial charge in [0.2, 0.25) is 0 Å². The Kier molecular flexibility index (Phi) is 6.32. The maximum absolute atomic E-state index is 9.64. The Labute approximate surface area is 101 Å². The molecule has 0 spiro atoms. The number of hydrogen-bond donors (Lipinski definition) is 4. The van der Waals surface area contributed by atoms with Crippen LogP contribution in [0.1, 0.15) is 26.2 Å². The molecular formula is C11H22O6. The Morgan fingerprint density at radius 2 is 1.76 bits per heavy atom. The second-order valence-corrected chi connectivity index (χ2v) is 4.28. The first kappa shape index (κ1) is 14.8. The normalized spacial score (nSPS) is 38.3. The van der Waals surface area contributed by atoms with Gasteiger partial charge < -0.3 is 29.9 Å². The van der Waals surface area contributed by atoms with Gasteiger partial charge in [-0.2, -0.15) is 0 Å². The summed E-state index contributed by atoms with van der Waals surface area (Å²) >= 11 is 0. The monoisotopic (exact) mass is 250 g/mol. The maximum atomic E-state index is 9.64. The molecule has 6 heteroatoms. The van der Waals surface area contributed by atoms with E-state index in [1.807, 2.05) is 0 Å². The van der Waals surface area contributed by atoms with Gasteiger partial charge in [0.15, 0.2) is 6.29 Å². The van der Waals surface area contributed by atoms with Crippen molar-refractivity contribution in [1.82, 2.24) is 0 Å². The molecule has 1 rings (SSSR count). The molecule has 1 aliphatic rings. The van der Waals surface area contributed by atoms with Crippen molar-refractivity contribution in [3.8, 4) is 0 Å². The molecule has 0 radical (unpaired) electrons. The minimum absolute atomic E-state index is 0.413. The average molecular weight is 250 g/mol. The summed E-state index contributed by atoms with van der Waals surface area (Å²) in [5.74, 6) is 0. The first-order valence-electron chi connectivity index (χ1n) is 6.04. The van der Waals surface area contributed by atoms with Gasteiger partial charge in [-0.3, -0.25) is 0 Å². The van der Waals surface area contributed by atoms with E-state index < -0.39 is 37.3 Å². The minimum atomic E-state index is -1.36. The second-order valence-electron chi connectivity index (χ2n) is 4.28. The number of ether oxygens (including phenoxy) is 2. The van der Waals surface area contributed by atoms with Gasteiger partial charge in [-0.25, -0.2) is 0 Å². The molecule has 0 aliphatic carbocycles. The van der Waals surface area contributed by atoms with Crippen LogP contribution in [0, 0.1) is 0 Å². The maximum Gasteiger partial charge on any atom is 0.186 e. The molecule has 4 N–H and O–H groups in total. The molecular weight excluding hydrogens is 228 g/mol. The van der Waals surface area contributed by atoms with Crippen LogP contribution >= 0.6 is 0 Å². The predicted octanol–water partition coefficient (Wildman–Crippen LogP) is -1.01. The van der Waals surface area contributed by atoms with Crippen molar-refractivity contribution >= 4 is 0 Å². The van der Waals surface area contributed by atoms with Crippen LogP contribution in [0.15, 0.2) is 0 Å². The topological polar surface area (TPSA) is 99.4 Å². The van der Waals surface area contributed by atoms with Crippen LogP contribution in [0.4, 0.5) is 0 Å². The molecule has 1 heterocycles. The Hall–Kier alpha value is -0.240. The van der Waals surface area contributed by atoms with Crippen molar-refractivity contribution in [2.75, 3.05) is 13.2 Å². The van der Waals surface area contributed by atoms with E-state index in [2.05, 4.69) is 6.92 Å². The molecule has 0 bridgehead atoms. The van der Waals surface area contributed by atoms with E-state index in [0.717, 1.165) is 19.3 Å². The van der Waals surface area contributed by atoms with Gasteiger partial charge in [-0.15, -0.1) is 0 Å². The Morgan fingerprint density at radius 1 is 1.06 bits per heavy atom. The van der Waals surface area contributed by atoms with Crippen LogP contribution in [-0.2, 0) is 9.47 Å². The number of aliphatic hydroxyl groups excluding tert-OH is 4. The first-order chi connectivity index (χ1) is 8.11. The SMILES string of the molecule is CCCCCO[C@H]1O[C@H](CO)[C@@H](O)[C@@H](O)[C@H]1O. The van der Waals surface area contributed by atoms with Crippen LogP contribution in [-0.4, -0.2) is 64.3 Å². The van der Waals surface area contributed by atoms with Crippen molar-refractivity contribution in [1.29, 1.82) is 0 Å². The molecule has 1 fully saturated rings. The third-order valence-corrected chi connectivity index (χ3v) is 2.88. The van der Waals surface area contributed by atoms with Gasteiger partial charge in [-0.1, -0.05) is 19.8 Å². The van der Waals surface area contributed by atoms with Crippen molar-refractivity contribution in [3.05, 3.63) is 0 Å². The number of aliphatic hydroxyl groups is 4. The van der Waals surface area contributed by atoms with Crippen LogP contribution in [0.5, 0.6) is 0 Å². The van der Waals surface area contributed by atoms with Crippen LogP contribution in [0.2, 0.25) is 0 Å². The van der Waals surface area contributed by atoms with E-state index in [1.165, 1.54) is 0 Å². The lowest BCUT2D eigenvalue weighted by atomic mass is 9.99. The average Bonchev–Trinajstić information content (AvgIpc) is 2.34. The fourth-order valence-corrected chi connectivity index (χ4v) is 1.76. The van der Waals surface area contributed by atoms with Gasteiger partial charge in [-0.05, 0) is 6.42 Å². The molecule has 0 aromatic carbocycles. The van der Waals surface area contributed by atoms with Gasteiger partial charge >= 0.3 is 0 Å². The highest BCUT2D eigenvalue weighted by atomic mass is 16.7. The van der Waals surface area contributed by atoms with E-state index in [9.17, 15) is 15.3 Å². The van der Waals surface area contributed by atoms with E-state index in [0.29, 0.717) is 6.61 Å². The highest BCUT2D eigenvalue weighted by Gasteiger charge is 2.43. The molecule has 1 saturated heterocycles. The molecule has 1 aliphatic heterocycles. The van der Waals surface area contributed by atoms with Crippen molar-refractivity contribution in [2.45, 2.75) is 56.9 Å². The molecule has 0 aromatic rings. The predicted molar refractivity (Wildman–Crippen MR) is 59.2 cm³/mol. The third kappa shape index (κ3) is 3.87. The van der Waals surface area contributed by atoms with Gasteiger partial charge in [0.05, 0.1) is 6.61 Å². The van der Waals surface area contributed by atoms with Crippen LogP contribution < -0.4 is 0 Å². The molecule has 0 unspecified atom stereocenters. The molecule has 5 atom stereocenters. The van der Waals surface area contributed by atoms with Gasteiger partial charge in [0.1, 0.15) is 24.4 Å². The van der Waals surface area contributed by atoms with E-state index >= 15 is 0 Å². The minimum Gasteiger partial charge on any atom is -0.394 e. The Bertz CT molecular complexity index is 210. The van der Waals surface area contributed by atoms with Crippen LogP contribution in [0.3, 0.4) is 0 Å². The quantitative estimate of drug-likeness (QED) is 0.451. The zero-order chi connectivity index (χ0) is 12.8. The lowest BCUT2D eigenvalue weighted by Crippen LogP contribution is -2.59. The summed E-state index contributed by atoms with van der Waals surface area (Å²) in [5, 5.41) is 37.6. The summed E-state index contributed by atoms with van der Waals surface area (Å²) in [6, 6.07) is 0. The Balaban J connectivity index is 2.42. The molecule has 0 aromatic heterocycles. The van der Waals surface area contributed by atoms with E-state index in [1.54, 1.807) is 0 Å². The number of hydrogen-bond acceptors (Lipinski definition) is 6. The third-order valence-electron chi connectivity index (χ3n) is 2.88. The van der Waals surface area contributed by atoms with Crippen molar-refractivity contribution < 1.29 is 29.9 Å². The molecule has 6 nitrogen and oxygen atoms in total. The fourth-order valence-electron chi connectivity index (χ4n) is 1.76. The summed E-state index contributed by atoms with van der Waals surface area (Å²) in [6.45, 7) is 2.05. The Morgan fingerprint density at radius 3 is 2.35 bits per heavy atom. The van der Waals surface area contributed by atoms with Crippen molar-refractivity contribution in [2.24, 2.45) is 0 Å². The largest absolute Gasteiger partial charge is 0.394 e. The second kappa shape index (κ2) is 7.25. The summed E-state index contributed by atoms with van der Waals surface area (Å²) in [6.07, 6.45) is -2.98. The van der Waals surface area contributed by atoms with Crippen LogP contribution in [0.25, 0.3) is 0 Å². The standard InChI is InChI=1S/C11H22O6/c1-2-3-4-5-16-11-10(15)9(14)8(13)7(6-12)17-11/h7-15H,2-6H2,1H3/t7-,8-,9-,10-,11+/m1/s1. The summed E-state index contributed by atoms with van der Waals surface area (Å²) in [7, 11) is 0. The van der Waals surface area contributed by atoms with E-state index in [4.69, 9.17) is 14.6 Å². The zero-order valence-corrected chi connectivity index (χ0v) is 10.0. The summed E-state index contributed by atoms with van der Waals surface area (Å²) in [4.78, 5) is 0. The molecule has 17 heavy (non-hydrogen) atoms. The van der Waals surface area contributed by atoms with Gasteiger partial charge in [0, 0.05) is 6.61 Å². The van der Waals surface area contributed by atoms with Crippen molar-refractivity contribution in [3.63, 3.8) is 0 Å². The lowest BCUT2D eigenvalue weighted by Gasteiger charge is -2.39. The smallest absolute Gasteiger partial charge is 0.186 e. The molecule has 0 amide bonds. The lowest BCUT2D eigenvalue weighted by molar-refractivity contribution is -0.301. The fraction of sp³-hybridized carbons (Fsp3) is 1.00. The summed E-state index contributed by atoms with van der Waals surface area (Å²) in [5.41, 5.74) is 0. The molecule has 102 valence electrons. The zero-order valence-electron chi connectivity index (χ0n) is 10.0. The summed E-state index contributed by atoms with van der Waals surface area (Å²) < 4.78 is 10.5. The van der Waals surface area contributed by atoms with E-state index in [-0.39, 0.29) is 0 Å². The molecule has 0 saturated carbocycles. The highest BCUT2D eigenvalue weighted by Crippen LogP contribution is 2.22. The number of rotatable bonds is 6.